The summed E-state index contributed by atoms with van der Waals surface area (Å²) in [6.45, 7) is 9.75. The second-order valence-electron chi connectivity index (χ2n) is 10.2. The van der Waals surface area contributed by atoms with Gasteiger partial charge in [-0.2, -0.15) is 5.10 Å². The first-order valence-corrected chi connectivity index (χ1v) is 14.2. The maximum absolute atomic E-state index is 13.2. The van der Waals surface area contributed by atoms with Crippen LogP contribution in [-0.4, -0.2) is 90.7 Å². The Hall–Kier alpha value is -3.93. The van der Waals surface area contributed by atoms with Crippen LogP contribution in [0.4, 0.5) is 5.82 Å². The van der Waals surface area contributed by atoms with Gasteiger partial charge in [0.05, 0.1) is 16.4 Å². The van der Waals surface area contributed by atoms with Crippen molar-refractivity contribution in [2.24, 2.45) is 0 Å². The SMILES string of the molecule is Cc1cccc(N2CCN(C(=O)c3csc(C4CCN(C(=O)c5nnc6cc(C)nn6c5C)CC4)n3)CC2)n1. The molecule has 2 aliphatic heterocycles. The number of rotatable bonds is 4. The molecule has 6 heterocycles. The molecule has 202 valence electrons. The van der Waals surface area contributed by atoms with E-state index in [4.69, 9.17) is 4.98 Å². The number of aromatic nitrogens is 6. The van der Waals surface area contributed by atoms with Crippen LogP contribution < -0.4 is 4.90 Å². The molecule has 0 unspecified atom stereocenters. The number of thiazole rings is 1. The number of fused-ring (bicyclic) bond motifs is 1. The zero-order valence-electron chi connectivity index (χ0n) is 22.4. The lowest BCUT2D eigenvalue weighted by atomic mass is 9.97. The molecule has 0 atom stereocenters. The van der Waals surface area contributed by atoms with Crippen molar-refractivity contribution < 1.29 is 9.59 Å². The van der Waals surface area contributed by atoms with Gasteiger partial charge in [-0.3, -0.25) is 9.59 Å². The molecule has 2 aliphatic rings. The summed E-state index contributed by atoms with van der Waals surface area (Å²) in [6, 6.07) is 7.87. The Kier molecular flexibility index (Phi) is 6.71. The molecule has 0 bridgehead atoms. The number of pyridine rings is 1. The quantitative estimate of drug-likeness (QED) is 0.385. The number of carbonyl (C=O) groups excluding carboxylic acids is 2. The number of aryl methyl sites for hydroxylation is 3. The first-order chi connectivity index (χ1) is 18.9. The van der Waals surface area contributed by atoms with Gasteiger partial charge in [-0.1, -0.05) is 6.07 Å². The van der Waals surface area contributed by atoms with Crippen LogP contribution in [-0.2, 0) is 0 Å². The summed E-state index contributed by atoms with van der Waals surface area (Å²) >= 11 is 1.54. The Bertz CT molecular complexity index is 1530. The number of carbonyl (C=O) groups is 2. The second-order valence-corrected chi connectivity index (χ2v) is 11.1. The normalized spacial score (nSPS) is 16.7. The smallest absolute Gasteiger partial charge is 0.276 e. The lowest BCUT2D eigenvalue weighted by Gasteiger charge is -2.35. The Labute approximate surface area is 230 Å². The lowest BCUT2D eigenvalue weighted by molar-refractivity contribution is 0.0703. The minimum atomic E-state index is -0.122. The van der Waals surface area contributed by atoms with Crippen molar-refractivity contribution in [2.45, 2.75) is 39.5 Å². The van der Waals surface area contributed by atoms with E-state index in [1.807, 2.05) is 60.2 Å². The Morgan fingerprint density at radius 3 is 2.36 bits per heavy atom. The van der Waals surface area contributed by atoms with Gasteiger partial charge in [-0.15, -0.1) is 21.5 Å². The van der Waals surface area contributed by atoms with Crippen molar-refractivity contribution in [1.29, 1.82) is 0 Å². The number of amides is 2. The van der Waals surface area contributed by atoms with Crippen LogP contribution in [0.5, 0.6) is 0 Å². The fourth-order valence-corrected chi connectivity index (χ4v) is 6.30. The van der Waals surface area contributed by atoms with Crippen LogP contribution in [0, 0.1) is 20.8 Å². The highest BCUT2D eigenvalue weighted by atomic mass is 32.1. The van der Waals surface area contributed by atoms with Gasteiger partial charge in [0, 0.05) is 62.3 Å². The number of likely N-dealkylation sites (tertiary alicyclic amines) is 1. The third-order valence-electron chi connectivity index (χ3n) is 7.57. The number of nitrogens with zero attached hydrogens (tertiary/aromatic N) is 9. The molecule has 4 aromatic heterocycles. The zero-order chi connectivity index (χ0) is 27.1. The Balaban J connectivity index is 1.05. The monoisotopic (exact) mass is 545 g/mol. The van der Waals surface area contributed by atoms with Crippen LogP contribution in [0.2, 0.25) is 0 Å². The van der Waals surface area contributed by atoms with E-state index in [1.165, 1.54) is 0 Å². The van der Waals surface area contributed by atoms with Crippen molar-refractivity contribution in [2.75, 3.05) is 44.2 Å². The first kappa shape index (κ1) is 25.4. The fraction of sp³-hybridized carbons (Fsp3) is 0.444. The Morgan fingerprint density at radius 1 is 0.872 bits per heavy atom. The van der Waals surface area contributed by atoms with Crippen molar-refractivity contribution in [3.05, 3.63) is 63.1 Å². The van der Waals surface area contributed by atoms with E-state index in [0.29, 0.717) is 48.9 Å². The Morgan fingerprint density at radius 2 is 1.62 bits per heavy atom. The molecule has 0 saturated carbocycles. The van der Waals surface area contributed by atoms with Crippen molar-refractivity contribution in [3.63, 3.8) is 0 Å². The zero-order valence-corrected chi connectivity index (χ0v) is 23.2. The van der Waals surface area contributed by atoms with Crippen LogP contribution in [0.1, 0.15) is 61.8 Å². The summed E-state index contributed by atoms with van der Waals surface area (Å²) < 4.78 is 1.68. The molecule has 4 aromatic rings. The van der Waals surface area contributed by atoms with Gasteiger partial charge in [-0.25, -0.2) is 14.5 Å². The average molecular weight is 546 g/mol. The molecule has 0 aromatic carbocycles. The van der Waals surface area contributed by atoms with E-state index in [0.717, 1.165) is 48.1 Å². The van der Waals surface area contributed by atoms with E-state index in [2.05, 4.69) is 25.2 Å². The predicted molar refractivity (Wildman–Crippen MR) is 147 cm³/mol. The third kappa shape index (κ3) is 4.96. The van der Waals surface area contributed by atoms with Gasteiger partial charge in [0.2, 0.25) is 0 Å². The molecule has 2 saturated heterocycles. The lowest BCUT2D eigenvalue weighted by Crippen LogP contribution is -2.49. The molecule has 0 aliphatic carbocycles. The van der Waals surface area contributed by atoms with E-state index < -0.39 is 0 Å². The summed E-state index contributed by atoms with van der Waals surface area (Å²) in [5.74, 6) is 1.05. The molecule has 0 spiro atoms. The number of anilines is 1. The summed E-state index contributed by atoms with van der Waals surface area (Å²) in [5.41, 5.74) is 4.01. The molecule has 0 radical (unpaired) electrons. The van der Waals surface area contributed by atoms with Gasteiger partial charge in [0.25, 0.3) is 11.8 Å². The molecule has 2 fully saturated rings. The maximum atomic E-state index is 13.2. The minimum absolute atomic E-state index is 0.0136. The highest BCUT2D eigenvalue weighted by molar-refractivity contribution is 7.09. The van der Waals surface area contributed by atoms with Crippen LogP contribution in [0.25, 0.3) is 5.65 Å². The van der Waals surface area contributed by atoms with Crippen LogP contribution >= 0.6 is 11.3 Å². The molecular formula is C27H31N9O2S. The summed E-state index contributed by atoms with van der Waals surface area (Å²) in [6.07, 6.45) is 1.59. The third-order valence-corrected chi connectivity index (χ3v) is 8.57. The van der Waals surface area contributed by atoms with E-state index in [9.17, 15) is 9.59 Å². The molecule has 2 amide bonds. The van der Waals surface area contributed by atoms with Gasteiger partial charge < -0.3 is 14.7 Å². The van der Waals surface area contributed by atoms with Gasteiger partial charge in [-0.05, 0) is 45.7 Å². The topological polar surface area (TPSA) is 113 Å². The number of hydrogen-bond donors (Lipinski definition) is 0. The molecule has 12 heteroatoms. The van der Waals surface area contributed by atoms with E-state index >= 15 is 0 Å². The minimum Gasteiger partial charge on any atom is -0.353 e. The van der Waals surface area contributed by atoms with Gasteiger partial charge >= 0.3 is 0 Å². The van der Waals surface area contributed by atoms with Crippen LogP contribution in [0.15, 0.2) is 29.6 Å². The van der Waals surface area contributed by atoms with Crippen LogP contribution in [0.3, 0.4) is 0 Å². The standard InChI is InChI=1S/C27H31N9O2S/c1-17-5-4-6-22(28-17)33-11-13-35(14-12-33)26(37)21-16-39-25(29-21)20-7-9-34(10-8-20)27(38)24-19(3)36-23(30-31-24)15-18(2)32-36/h4-6,15-16,20H,7-14H2,1-3H3. The molecule has 0 N–H and O–H groups in total. The number of hydrogen-bond acceptors (Lipinski definition) is 9. The van der Waals surface area contributed by atoms with Crippen molar-refractivity contribution >= 4 is 34.6 Å². The number of piperazine rings is 1. The van der Waals surface area contributed by atoms with E-state index in [-0.39, 0.29) is 17.7 Å². The van der Waals surface area contributed by atoms with Gasteiger partial charge in [0.1, 0.15) is 11.5 Å². The summed E-state index contributed by atoms with van der Waals surface area (Å²) in [5, 5.41) is 15.7. The average Bonchev–Trinajstić information content (AvgIpc) is 3.60. The number of piperidine rings is 1. The predicted octanol–water partition coefficient (Wildman–Crippen LogP) is 2.88. The summed E-state index contributed by atoms with van der Waals surface area (Å²) in [4.78, 5) is 41.7. The molecule has 11 nitrogen and oxygen atoms in total. The van der Waals surface area contributed by atoms with E-state index in [1.54, 1.807) is 15.9 Å². The maximum Gasteiger partial charge on any atom is 0.276 e. The molecular weight excluding hydrogens is 514 g/mol. The largest absolute Gasteiger partial charge is 0.353 e. The van der Waals surface area contributed by atoms with Gasteiger partial charge in [0.15, 0.2) is 11.3 Å². The summed E-state index contributed by atoms with van der Waals surface area (Å²) in [7, 11) is 0. The highest BCUT2D eigenvalue weighted by Crippen LogP contribution is 2.31. The second kappa shape index (κ2) is 10.3. The molecule has 39 heavy (non-hydrogen) atoms. The fourth-order valence-electron chi connectivity index (χ4n) is 5.33. The van der Waals surface area contributed by atoms with Crippen molar-refractivity contribution in [1.82, 2.24) is 39.6 Å². The first-order valence-electron chi connectivity index (χ1n) is 13.3. The van der Waals surface area contributed by atoms with Crippen molar-refractivity contribution in [3.8, 4) is 0 Å². The highest BCUT2D eigenvalue weighted by Gasteiger charge is 2.30. The molecule has 6 rings (SSSR count).